The molecule has 0 aliphatic heterocycles. The largest absolute Gasteiger partial charge is 0.323 e. The van der Waals surface area contributed by atoms with Gasteiger partial charge in [-0.05, 0) is 53.9 Å². The van der Waals surface area contributed by atoms with E-state index in [9.17, 15) is 4.79 Å². The second-order valence-corrected chi connectivity index (χ2v) is 4.57. The minimum atomic E-state index is -0.502. The van der Waals surface area contributed by atoms with Crippen molar-refractivity contribution < 1.29 is 4.79 Å². The van der Waals surface area contributed by atoms with E-state index >= 15 is 0 Å². The SMILES string of the molecule is Cc1cc(C)c(NC(=O)C(C)N)c(Br)c1. The van der Waals surface area contributed by atoms with Gasteiger partial charge in [-0.15, -0.1) is 0 Å². The molecule has 1 unspecified atom stereocenters. The third-order valence-electron chi connectivity index (χ3n) is 2.09. The van der Waals surface area contributed by atoms with Gasteiger partial charge in [-0.25, -0.2) is 0 Å². The number of hydrogen-bond donors (Lipinski definition) is 2. The van der Waals surface area contributed by atoms with Crippen LogP contribution < -0.4 is 11.1 Å². The molecular formula is C11H15BrN2O. The number of nitrogens with one attached hydrogen (secondary N) is 1. The summed E-state index contributed by atoms with van der Waals surface area (Å²) in [7, 11) is 0. The van der Waals surface area contributed by atoms with E-state index in [1.165, 1.54) is 0 Å². The van der Waals surface area contributed by atoms with Crippen molar-refractivity contribution in [3.63, 3.8) is 0 Å². The normalized spacial score (nSPS) is 12.3. The molecule has 1 aromatic carbocycles. The summed E-state index contributed by atoms with van der Waals surface area (Å²) in [6, 6.07) is 3.48. The highest BCUT2D eigenvalue weighted by molar-refractivity contribution is 9.10. The van der Waals surface area contributed by atoms with Gasteiger partial charge in [-0.1, -0.05) is 6.07 Å². The fourth-order valence-electron chi connectivity index (χ4n) is 1.31. The Labute approximate surface area is 98.2 Å². The molecule has 0 aromatic heterocycles. The number of carbonyl (C=O) groups excluding carboxylic acids is 1. The number of rotatable bonds is 2. The van der Waals surface area contributed by atoms with Crippen LogP contribution in [-0.2, 0) is 4.79 Å². The number of anilines is 1. The Hall–Kier alpha value is -0.870. The lowest BCUT2D eigenvalue weighted by Gasteiger charge is -2.13. The van der Waals surface area contributed by atoms with E-state index in [1.807, 2.05) is 26.0 Å². The maximum atomic E-state index is 11.4. The predicted molar refractivity (Wildman–Crippen MR) is 65.9 cm³/mol. The molecule has 0 saturated carbocycles. The van der Waals surface area contributed by atoms with Gasteiger partial charge in [-0.3, -0.25) is 4.79 Å². The quantitative estimate of drug-likeness (QED) is 0.867. The summed E-state index contributed by atoms with van der Waals surface area (Å²) in [5.41, 5.74) is 8.46. The summed E-state index contributed by atoms with van der Waals surface area (Å²) < 4.78 is 0.883. The molecule has 1 amide bonds. The summed E-state index contributed by atoms with van der Waals surface area (Å²) >= 11 is 3.42. The number of amides is 1. The molecule has 0 fully saturated rings. The smallest absolute Gasteiger partial charge is 0.241 e. The van der Waals surface area contributed by atoms with Crippen molar-refractivity contribution in [2.45, 2.75) is 26.8 Å². The van der Waals surface area contributed by atoms with Gasteiger partial charge in [0.05, 0.1) is 11.7 Å². The van der Waals surface area contributed by atoms with Gasteiger partial charge < -0.3 is 11.1 Å². The maximum Gasteiger partial charge on any atom is 0.241 e. The summed E-state index contributed by atoms with van der Waals surface area (Å²) in [6.45, 7) is 5.62. The lowest BCUT2D eigenvalue weighted by Crippen LogP contribution is -2.32. The van der Waals surface area contributed by atoms with E-state index in [1.54, 1.807) is 6.92 Å². The molecule has 0 aliphatic carbocycles. The molecule has 1 aromatic rings. The van der Waals surface area contributed by atoms with Gasteiger partial charge in [0, 0.05) is 4.47 Å². The summed E-state index contributed by atoms with van der Waals surface area (Å²) in [4.78, 5) is 11.4. The van der Waals surface area contributed by atoms with E-state index in [-0.39, 0.29) is 5.91 Å². The lowest BCUT2D eigenvalue weighted by atomic mass is 10.1. The van der Waals surface area contributed by atoms with Crippen LogP contribution in [0.3, 0.4) is 0 Å². The van der Waals surface area contributed by atoms with Gasteiger partial charge in [-0.2, -0.15) is 0 Å². The first-order chi connectivity index (χ1) is 6.91. The van der Waals surface area contributed by atoms with E-state index in [0.717, 1.165) is 21.3 Å². The molecule has 3 N–H and O–H groups in total. The zero-order valence-electron chi connectivity index (χ0n) is 9.10. The standard InChI is InChI=1S/C11H15BrN2O/c1-6-4-7(2)10(9(12)5-6)14-11(15)8(3)13/h4-5,8H,13H2,1-3H3,(H,14,15). The molecule has 15 heavy (non-hydrogen) atoms. The topological polar surface area (TPSA) is 55.1 Å². The molecule has 0 spiro atoms. The van der Waals surface area contributed by atoms with Crippen LogP contribution >= 0.6 is 15.9 Å². The van der Waals surface area contributed by atoms with Gasteiger partial charge in [0.25, 0.3) is 0 Å². The van der Waals surface area contributed by atoms with Crippen LogP contribution in [0.4, 0.5) is 5.69 Å². The number of carbonyl (C=O) groups is 1. The fourth-order valence-corrected chi connectivity index (χ4v) is 2.08. The number of hydrogen-bond acceptors (Lipinski definition) is 2. The molecule has 0 saturated heterocycles. The first-order valence-electron chi connectivity index (χ1n) is 4.75. The van der Waals surface area contributed by atoms with Crippen molar-refractivity contribution in [2.24, 2.45) is 5.73 Å². The third-order valence-corrected chi connectivity index (χ3v) is 2.72. The summed E-state index contributed by atoms with van der Waals surface area (Å²) in [6.07, 6.45) is 0. The predicted octanol–water partition coefficient (Wildman–Crippen LogP) is 2.35. The number of benzene rings is 1. The third kappa shape index (κ3) is 3.04. The van der Waals surface area contributed by atoms with Crippen molar-refractivity contribution in [1.82, 2.24) is 0 Å². The minimum absolute atomic E-state index is 0.178. The van der Waals surface area contributed by atoms with Gasteiger partial charge in [0.2, 0.25) is 5.91 Å². The Morgan fingerprint density at radius 3 is 2.53 bits per heavy atom. The summed E-state index contributed by atoms with van der Waals surface area (Å²) in [5, 5.41) is 2.79. The monoisotopic (exact) mass is 270 g/mol. The van der Waals surface area contributed by atoms with Crippen molar-refractivity contribution in [3.8, 4) is 0 Å². The highest BCUT2D eigenvalue weighted by atomic mass is 79.9. The van der Waals surface area contributed by atoms with Crippen molar-refractivity contribution in [2.75, 3.05) is 5.32 Å². The maximum absolute atomic E-state index is 11.4. The van der Waals surface area contributed by atoms with Gasteiger partial charge in [0.1, 0.15) is 0 Å². The molecule has 1 atom stereocenters. The average molecular weight is 271 g/mol. The van der Waals surface area contributed by atoms with Gasteiger partial charge >= 0.3 is 0 Å². The molecule has 1 rings (SSSR count). The Bertz CT molecular complexity index is 365. The molecular weight excluding hydrogens is 256 g/mol. The number of nitrogens with two attached hydrogens (primary N) is 1. The zero-order valence-corrected chi connectivity index (χ0v) is 10.7. The van der Waals surface area contributed by atoms with E-state index in [4.69, 9.17) is 5.73 Å². The molecule has 4 heteroatoms. The van der Waals surface area contributed by atoms with Crippen LogP contribution in [-0.4, -0.2) is 11.9 Å². The Morgan fingerprint density at radius 1 is 1.47 bits per heavy atom. The van der Waals surface area contributed by atoms with E-state index < -0.39 is 6.04 Å². The fraction of sp³-hybridized carbons (Fsp3) is 0.364. The Morgan fingerprint density at radius 2 is 2.07 bits per heavy atom. The molecule has 82 valence electrons. The van der Waals surface area contributed by atoms with Crippen molar-refractivity contribution in [1.29, 1.82) is 0 Å². The summed E-state index contributed by atoms with van der Waals surface area (Å²) in [5.74, 6) is -0.178. The number of halogens is 1. The van der Waals surface area contributed by atoms with Gasteiger partial charge in [0.15, 0.2) is 0 Å². The molecule has 0 aliphatic rings. The molecule has 0 heterocycles. The van der Waals surface area contributed by atoms with Crippen LogP contribution in [0.5, 0.6) is 0 Å². The second-order valence-electron chi connectivity index (χ2n) is 3.72. The first-order valence-corrected chi connectivity index (χ1v) is 5.54. The Balaban J connectivity index is 3.00. The first kappa shape index (κ1) is 12.2. The van der Waals surface area contributed by atoms with E-state index in [0.29, 0.717) is 0 Å². The van der Waals surface area contributed by atoms with Crippen LogP contribution in [0.1, 0.15) is 18.1 Å². The minimum Gasteiger partial charge on any atom is -0.323 e. The van der Waals surface area contributed by atoms with Crippen LogP contribution in [0.2, 0.25) is 0 Å². The zero-order chi connectivity index (χ0) is 11.6. The lowest BCUT2D eigenvalue weighted by molar-refractivity contribution is -0.117. The van der Waals surface area contributed by atoms with Crippen LogP contribution in [0.15, 0.2) is 16.6 Å². The van der Waals surface area contributed by atoms with E-state index in [2.05, 4.69) is 21.2 Å². The molecule has 0 radical (unpaired) electrons. The molecule has 3 nitrogen and oxygen atoms in total. The Kier molecular flexibility index (Phi) is 3.88. The highest BCUT2D eigenvalue weighted by Crippen LogP contribution is 2.27. The molecule has 0 bridgehead atoms. The average Bonchev–Trinajstić information content (AvgIpc) is 2.10. The van der Waals surface area contributed by atoms with Crippen molar-refractivity contribution in [3.05, 3.63) is 27.7 Å². The second kappa shape index (κ2) is 4.77. The number of aryl methyl sites for hydroxylation is 2. The van der Waals surface area contributed by atoms with Crippen LogP contribution in [0.25, 0.3) is 0 Å². The highest BCUT2D eigenvalue weighted by Gasteiger charge is 2.11. The van der Waals surface area contributed by atoms with Crippen molar-refractivity contribution >= 4 is 27.5 Å². The van der Waals surface area contributed by atoms with Crippen LogP contribution in [0, 0.1) is 13.8 Å².